The van der Waals surface area contributed by atoms with Gasteiger partial charge in [-0.15, -0.1) is 0 Å². The van der Waals surface area contributed by atoms with Crippen LogP contribution in [0.2, 0.25) is 0 Å². The molecule has 1 nitrogen and oxygen atoms in total. The first kappa shape index (κ1) is 9.97. The third-order valence-electron chi connectivity index (χ3n) is 1.89. The van der Waals surface area contributed by atoms with E-state index in [2.05, 4.69) is 42.2 Å². The van der Waals surface area contributed by atoms with Gasteiger partial charge in [-0.1, -0.05) is 37.3 Å². The number of benzene rings is 1. The van der Waals surface area contributed by atoms with Gasteiger partial charge in [0.15, 0.2) is 0 Å². The normalized spacial score (nSPS) is 10.8. The molecule has 0 heterocycles. The molecular weight excluding hydrogens is 158 g/mol. The Labute approximate surface area is 80.5 Å². The number of hydrogen-bond donors (Lipinski definition) is 0. The van der Waals surface area contributed by atoms with Crippen LogP contribution in [-0.2, 0) is 6.42 Å². The average Bonchev–Trinajstić information content (AvgIpc) is 2.19. The summed E-state index contributed by atoms with van der Waals surface area (Å²) in [6.45, 7) is 3.11. The smallest absolute Gasteiger partial charge is 0.0382 e. The summed E-state index contributed by atoms with van der Waals surface area (Å²) in [5, 5.41) is 0. The molecule has 0 spiro atoms. The Balaban J connectivity index is 2.20. The van der Waals surface area contributed by atoms with Crippen LogP contribution in [0.15, 0.2) is 35.3 Å². The molecule has 70 valence electrons. The molecule has 1 heteroatoms. The van der Waals surface area contributed by atoms with Gasteiger partial charge in [-0.2, -0.15) is 0 Å². The zero-order valence-electron chi connectivity index (χ0n) is 8.24. The largest absolute Gasteiger partial charge is 0.298 e. The van der Waals surface area contributed by atoms with E-state index in [-0.39, 0.29) is 0 Å². The Kier molecular flexibility index (Phi) is 4.92. The molecular formula is C12H17N. The first-order valence-electron chi connectivity index (χ1n) is 4.95. The molecule has 0 saturated carbocycles. The molecule has 1 aromatic rings. The molecule has 0 unspecified atom stereocenters. The Morgan fingerprint density at radius 3 is 2.69 bits per heavy atom. The molecule has 0 aliphatic heterocycles. The fraction of sp³-hybridized carbons (Fsp3) is 0.417. The summed E-state index contributed by atoms with van der Waals surface area (Å²) in [6.07, 6.45) is 5.34. The van der Waals surface area contributed by atoms with E-state index in [1.165, 1.54) is 5.56 Å². The Morgan fingerprint density at radius 2 is 2.00 bits per heavy atom. The van der Waals surface area contributed by atoms with E-state index < -0.39 is 0 Å². The van der Waals surface area contributed by atoms with Gasteiger partial charge in [-0.05, 0) is 31.0 Å². The van der Waals surface area contributed by atoms with Crippen molar-refractivity contribution in [1.82, 2.24) is 0 Å². The second-order valence-corrected chi connectivity index (χ2v) is 3.11. The first-order valence-corrected chi connectivity index (χ1v) is 4.95. The topological polar surface area (TPSA) is 12.4 Å². The summed E-state index contributed by atoms with van der Waals surface area (Å²) >= 11 is 0. The summed E-state index contributed by atoms with van der Waals surface area (Å²) < 4.78 is 0. The molecule has 0 N–H and O–H groups in total. The van der Waals surface area contributed by atoms with Crippen molar-refractivity contribution >= 4 is 6.21 Å². The second-order valence-electron chi connectivity index (χ2n) is 3.11. The average molecular weight is 175 g/mol. The minimum atomic E-state index is 0.967. The Bertz CT molecular complexity index is 239. The van der Waals surface area contributed by atoms with Gasteiger partial charge >= 0.3 is 0 Å². The third-order valence-corrected chi connectivity index (χ3v) is 1.89. The van der Waals surface area contributed by atoms with Gasteiger partial charge in [0, 0.05) is 6.54 Å². The van der Waals surface area contributed by atoms with Crippen LogP contribution in [0.4, 0.5) is 0 Å². The quantitative estimate of drug-likeness (QED) is 0.610. The molecule has 0 fully saturated rings. The van der Waals surface area contributed by atoms with Crippen molar-refractivity contribution in [3.63, 3.8) is 0 Å². The van der Waals surface area contributed by atoms with Gasteiger partial charge in [0.2, 0.25) is 0 Å². The highest BCUT2D eigenvalue weighted by Crippen LogP contribution is 2.00. The zero-order valence-corrected chi connectivity index (χ0v) is 8.24. The summed E-state index contributed by atoms with van der Waals surface area (Å²) in [5.41, 5.74) is 1.39. The predicted molar refractivity (Wildman–Crippen MR) is 58.4 cm³/mol. The second kappa shape index (κ2) is 6.41. The summed E-state index contributed by atoms with van der Waals surface area (Å²) in [7, 11) is 0. The Hall–Kier alpha value is -1.11. The minimum Gasteiger partial charge on any atom is -0.298 e. The lowest BCUT2D eigenvalue weighted by Gasteiger charge is -1.95. The minimum absolute atomic E-state index is 0.967. The van der Waals surface area contributed by atoms with Crippen LogP contribution in [0, 0.1) is 0 Å². The predicted octanol–water partition coefficient (Wildman–Crippen LogP) is 3.10. The monoisotopic (exact) mass is 175 g/mol. The van der Waals surface area contributed by atoms with Crippen molar-refractivity contribution in [2.45, 2.75) is 26.2 Å². The molecule has 1 rings (SSSR count). The fourth-order valence-electron chi connectivity index (χ4n) is 1.19. The maximum absolute atomic E-state index is 4.28. The number of hydrogen-bond acceptors (Lipinski definition) is 1. The van der Waals surface area contributed by atoms with Gasteiger partial charge in [0.25, 0.3) is 0 Å². The van der Waals surface area contributed by atoms with E-state index >= 15 is 0 Å². The number of aryl methyl sites for hydroxylation is 1. The molecule has 13 heavy (non-hydrogen) atoms. The molecule has 0 amide bonds. The van der Waals surface area contributed by atoms with Crippen molar-refractivity contribution < 1.29 is 0 Å². The van der Waals surface area contributed by atoms with Gasteiger partial charge in [-0.25, -0.2) is 0 Å². The van der Waals surface area contributed by atoms with Crippen LogP contribution in [-0.4, -0.2) is 12.8 Å². The lowest BCUT2D eigenvalue weighted by molar-refractivity contribution is 0.926. The van der Waals surface area contributed by atoms with Crippen molar-refractivity contribution in [1.29, 1.82) is 0 Å². The highest BCUT2D eigenvalue weighted by molar-refractivity contribution is 5.57. The van der Waals surface area contributed by atoms with Crippen LogP contribution in [0.5, 0.6) is 0 Å². The van der Waals surface area contributed by atoms with Crippen molar-refractivity contribution in [2.75, 3.05) is 6.54 Å². The molecule has 0 saturated heterocycles. The lowest BCUT2D eigenvalue weighted by Crippen LogP contribution is -1.86. The van der Waals surface area contributed by atoms with Crippen molar-refractivity contribution in [2.24, 2.45) is 4.99 Å². The first-order chi connectivity index (χ1) is 6.43. The highest BCUT2D eigenvalue weighted by Gasteiger charge is 1.87. The fourth-order valence-corrected chi connectivity index (χ4v) is 1.19. The summed E-state index contributed by atoms with van der Waals surface area (Å²) in [4.78, 5) is 4.28. The van der Waals surface area contributed by atoms with Gasteiger partial charge in [-0.3, -0.25) is 4.99 Å². The van der Waals surface area contributed by atoms with Crippen LogP contribution >= 0.6 is 0 Å². The standard InChI is InChI=1S/C12H17N/c1-2-10-13-11-6-9-12-7-4-3-5-8-12/h3-5,7-8,11H,2,6,9-10H2,1H3. The molecule has 0 bridgehead atoms. The molecule has 0 aromatic heterocycles. The van der Waals surface area contributed by atoms with Crippen LogP contribution in [0.1, 0.15) is 25.3 Å². The van der Waals surface area contributed by atoms with Gasteiger partial charge in [0.1, 0.15) is 0 Å². The molecule has 0 aliphatic rings. The molecule has 0 atom stereocenters. The van der Waals surface area contributed by atoms with E-state index in [1.54, 1.807) is 0 Å². The van der Waals surface area contributed by atoms with Crippen LogP contribution < -0.4 is 0 Å². The number of rotatable bonds is 5. The van der Waals surface area contributed by atoms with Gasteiger partial charge < -0.3 is 0 Å². The van der Waals surface area contributed by atoms with Crippen molar-refractivity contribution in [3.8, 4) is 0 Å². The SMILES string of the molecule is CCCN=CCCc1ccccc1. The van der Waals surface area contributed by atoms with Gasteiger partial charge in [0.05, 0.1) is 0 Å². The summed E-state index contributed by atoms with van der Waals surface area (Å²) in [5.74, 6) is 0. The third kappa shape index (κ3) is 4.46. The molecule has 0 aliphatic carbocycles. The van der Waals surface area contributed by atoms with Crippen LogP contribution in [0.3, 0.4) is 0 Å². The van der Waals surface area contributed by atoms with Crippen molar-refractivity contribution in [3.05, 3.63) is 35.9 Å². The zero-order chi connectivity index (χ0) is 9.36. The van der Waals surface area contributed by atoms with E-state index in [9.17, 15) is 0 Å². The Morgan fingerprint density at radius 1 is 1.23 bits per heavy atom. The maximum atomic E-state index is 4.28. The summed E-state index contributed by atoms with van der Waals surface area (Å²) in [6, 6.07) is 10.5. The maximum Gasteiger partial charge on any atom is 0.0382 e. The number of aliphatic imine (C=N–C) groups is 1. The van der Waals surface area contributed by atoms with E-state index in [4.69, 9.17) is 0 Å². The lowest BCUT2D eigenvalue weighted by atomic mass is 10.1. The van der Waals surface area contributed by atoms with E-state index in [1.807, 2.05) is 6.21 Å². The van der Waals surface area contributed by atoms with E-state index in [0.29, 0.717) is 0 Å². The van der Waals surface area contributed by atoms with E-state index in [0.717, 1.165) is 25.8 Å². The van der Waals surface area contributed by atoms with Crippen LogP contribution in [0.25, 0.3) is 0 Å². The molecule has 1 aromatic carbocycles. The molecule has 0 radical (unpaired) electrons. The highest BCUT2D eigenvalue weighted by atomic mass is 14.7. The number of nitrogens with zero attached hydrogens (tertiary/aromatic N) is 1.